The van der Waals surface area contributed by atoms with Gasteiger partial charge in [-0.25, -0.2) is 12.8 Å². The Morgan fingerprint density at radius 3 is 2.14 bits per heavy atom. The summed E-state index contributed by atoms with van der Waals surface area (Å²) < 4.78 is 43.8. The van der Waals surface area contributed by atoms with Gasteiger partial charge in [-0.1, -0.05) is 104 Å². The maximum absolute atomic E-state index is 15.2. The number of rotatable bonds is 14. The highest BCUT2D eigenvalue weighted by Gasteiger charge is 2.35. The van der Waals surface area contributed by atoms with E-state index in [0.717, 1.165) is 39.9 Å². The maximum atomic E-state index is 15.2. The molecular weight excluding hydrogens is 577 g/mol. The predicted octanol–water partition coefficient (Wildman–Crippen LogP) is 5.89. The Bertz CT molecular complexity index is 1650. The van der Waals surface area contributed by atoms with Gasteiger partial charge in [0.25, 0.3) is 10.0 Å². The maximum Gasteiger partial charge on any atom is 0.264 e. The van der Waals surface area contributed by atoms with Crippen LogP contribution in [0.2, 0.25) is 0 Å². The summed E-state index contributed by atoms with van der Waals surface area (Å²) >= 11 is 0. The Balaban J connectivity index is 1.79. The van der Waals surface area contributed by atoms with E-state index in [1.165, 1.54) is 35.2 Å². The van der Waals surface area contributed by atoms with E-state index in [4.69, 9.17) is 0 Å². The summed E-state index contributed by atoms with van der Waals surface area (Å²) in [6, 6.07) is 29.0. The molecule has 4 rings (SSSR count). The first-order valence-electron chi connectivity index (χ1n) is 14.7. The zero-order valence-electron chi connectivity index (χ0n) is 25.0. The van der Waals surface area contributed by atoms with Gasteiger partial charge in [-0.3, -0.25) is 13.9 Å². The third-order valence-electron chi connectivity index (χ3n) is 7.27. The number of nitrogens with zero attached hydrogens (tertiary/aromatic N) is 2. The topological polar surface area (TPSA) is 86.8 Å². The van der Waals surface area contributed by atoms with Crippen LogP contribution in [0.3, 0.4) is 0 Å². The van der Waals surface area contributed by atoms with Gasteiger partial charge in [0, 0.05) is 19.5 Å². The lowest BCUT2D eigenvalue weighted by Gasteiger charge is -2.34. The summed E-state index contributed by atoms with van der Waals surface area (Å²) in [7, 11) is -4.36. The number of anilines is 1. The molecule has 0 bridgehead atoms. The van der Waals surface area contributed by atoms with Gasteiger partial charge in [0.15, 0.2) is 0 Å². The van der Waals surface area contributed by atoms with Crippen LogP contribution >= 0.6 is 0 Å². The van der Waals surface area contributed by atoms with Crippen LogP contribution in [0.5, 0.6) is 0 Å². The quantitative estimate of drug-likeness (QED) is 0.179. The molecule has 0 saturated heterocycles. The monoisotopic (exact) mass is 615 g/mol. The number of unbranched alkanes of at least 4 members (excludes halogenated alkanes) is 1. The van der Waals surface area contributed by atoms with Crippen molar-refractivity contribution in [3.05, 3.63) is 132 Å². The molecule has 0 heterocycles. The molecule has 0 fully saturated rings. The summed E-state index contributed by atoms with van der Waals surface area (Å²) in [5, 5.41) is 2.96. The van der Waals surface area contributed by atoms with Gasteiger partial charge in [0.1, 0.15) is 18.4 Å². The first-order chi connectivity index (χ1) is 21.2. The molecule has 0 aliphatic heterocycles. The minimum Gasteiger partial charge on any atom is -0.354 e. The fourth-order valence-corrected chi connectivity index (χ4v) is 6.40. The lowest BCUT2D eigenvalue weighted by atomic mass is 10.0. The van der Waals surface area contributed by atoms with Crippen molar-refractivity contribution in [1.29, 1.82) is 0 Å². The van der Waals surface area contributed by atoms with Crippen LogP contribution < -0.4 is 9.62 Å². The molecule has 0 aliphatic rings. The van der Waals surface area contributed by atoms with Gasteiger partial charge in [-0.05, 0) is 48.7 Å². The van der Waals surface area contributed by atoms with Crippen molar-refractivity contribution in [3.63, 3.8) is 0 Å². The van der Waals surface area contributed by atoms with Gasteiger partial charge in [0.2, 0.25) is 11.8 Å². The van der Waals surface area contributed by atoms with Crippen molar-refractivity contribution in [1.82, 2.24) is 10.2 Å². The standard InChI is InChI=1S/C35H38FN3O4S/c1-3-4-22-37-35(41)33(24-28-15-7-5-8-16-28)38(25-29-17-13-14-27(2)23-29)34(40)26-39(32-21-12-11-20-31(32)36)44(42,43)30-18-9-6-10-19-30/h5-21,23,33H,3-4,22,24-26H2,1-2H3,(H,37,41). The van der Waals surface area contributed by atoms with Crippen LogP contribution in [0, 0.1) is 12.7 Å². The van der Waals surface area contributed by atoms with Crippen LogP contribution in [0.25, 0.3) is 0 Å². The Hall–Kier alpha value is -4.50. The first kappa shape index (κ1) is 32.4. The molecule has 230 valence electrons. The van der Waals surface area contributed by atoms with E-state index in [2.05, 4.69) is 5.32 Å². The summed E-state index contributed by atoms with van der Waals surface area (Å²) in [5.74, 6) is -1.77. The molecule has 44 heavy (non-hydrogen) atoms. The van der Waals surface area contributed by atoms with Crippen molar-refractivity contribution in [2.45, 2.75) is 50.6 Å². The van der Waals surface area contributed by atoms with E-state index in [1.807, 2.05) is 68.4 Å². The number of carbonyl (C=O) groups is 2. The molecule has 0 aliphatic carbocycles. The highest BCUT2D eigenvalue weighted by Crippen LogP contribution is 2.27. The number of hydrogen-bond acceptors (Lipinski definition) is 4. The normalized spacial score (nSPS) is 11.9. The zero-order chi connectivity index (χ0) is 31.5. The van der Waals surface area contributed by atoms with E-state index in [-0.39, 0.29) is 29.5 Å². The largest absolute Gasteiger partial charge is 0.354 e. The van der Waals surface area contributed by atoms with Crippen molar-refractivity contribution in [2.24, 2.45) is 0 Å². The van der Waals surface area contributed by atoms with E-state index in [0.29, 0.717) is 6.54 Å². The number of nitrogens with one attached hydrogen (secondary N) is 1. The summed E-state index contributed by atoms with van der Waals surface area (Å²) in [5.41, 5.74) is 2.34. The highest BCUT2D eigenvalue weighted by molar-refractivity contribution is 7.92. The van der Waals surface area contributed by atoms with E-state index in [9.17, 15) is 18.0 Å². The van der Waals surface area contributed by atoms with Crippen LogP contribution in [-0.4, -0.2) is 44.3 Å². The Morgan fingerprint density at radius 1 is 0.841 bits per heavy atom. The average molecular weight is 616 g/mol. The molecule has 0 spiro atoms. The van der Waals surface area contributed by atoms with E-state index >= 15 is 4.39 Å². The van der Waals surface area contributed by atoms with Gasteiger partial charge in [0.05, 0.1) is 10.6 Å². The highest BCUT2D eigenvalue weighted by atomic mass is 32.2. The number of amides is 2. The van der Waals surface area contributed by atoms with Crippen LogP contribution in [0.15, 0.2) is 114 Å². The van der Waals surface area contributed by atoms with Crippen LogP contribution in [0.4, 0.5) is 10.1 Å². The van der Waals surface area contributed by atoms with Crippen molar-refractivity contribution in [3.8, 4) is 0 Å². The number of benzene rings is 4. The van der Waals surface area contributed by atoms with Crippen molar-refractivity contribution in [2.75, 3.05) is 17.4 Å². The number of carbonyl (C=O) groups excluding carboxylic acids is 2. The fourth-order valence-electron chi connectivity index (χ4n) is 4.95. The Labute approximate surface area is 259 Å². The predicted molar refractivity (Wildman–Crippen MR) is 171 cm³/mol. The van der Waals surface area contributed by atoms with E-state index in [1.54, 1.807) is 18.2 Å². The minimum absolute atomic E-state index is 0.0513. The Morgan fingerprint density at radius 2 is 1.48 bits per heavy atom. The Kier molecular flexibility index (Phi) is 11.3. The van der Waals surface area contributed by atoms with Crippen molar-refractivity contribution < 1.29 is 22.4 Å². The fraction of sp³-hybridized carbons (Fsp3) is 0.257. The third-order valence-corrected chi connectivity index (χ3v) is 9.04. The van der Waals surface area contributed by atoms with Crippen LogP contribution in [0.1, 0.15) is 36.5 Å². The number of hydrogen-bond donors (Lipinski definition) is 1. The molecule has 7 nitrogen and oxygen atoms in total. The second-order valence-electron chi connectivity index (χ2n) is 10.6. The van der Waals surface area contributed by atoms with Gasteiger partial charge in [-0.15, -0.1) is 0 Å². The SMILES string of the molecule is CCCCNC(=O)C(Cc1ccccc1)N(Cc1cccc(C)c1)C(=O)CN(c1ccccc1F)S(=O)(=O)c1ccccc1. The molecule has 1 unspecified atom stereocenters. The lowest BCUT2D eigenvalue weighted by Crippen LogP contribution is -2.53. The first-order valence-corrected chi connectivity index (χ1v) is 16.1. The molecule has 9 heteroatoms. The second kappa shape index (κ2) is 15.3. The zero-order valence-corrected chi connectivity index (χ0v) is 25.8. The molecule has 1 atom stereocenters. The molecule has 0 radical (unpaired) electrons. The smallest absolute Gasteiger partial charge is 0.264 e. The molecule has 4 aromatic rings. The summed E-state index contributed by atoms with van der Waals surface area (Å²) in [6.45, 7) is 3.73. The molecular formula is C35H38FN3O4S. The molecule has 0 saturated carbocycles. The average Bonchev–Trinajstić information content (AvgIpc) is 3.03. The molecule has 4 aromatic carbocycles. The van der Waals surface area contributed by atoms with Crippen molar-refractivity contribution >= 4 is 27.5 Å². The summed E-state index contributed by atoms with van der Waals surface area (Å²) in [4.78, 5) is 29.5. The van der Waals surface area contributed by atoms with Gasteiger partial charge < -0.3 is 10.2 Å². The van der Waals surface area contributed by atoms with Crippen LogP contribution in [-0.2, 0) is 32.6 Å². The number of aryl methyl sites for hydroxylation is 1. The minimum atomic E-state index is -4.36. The number of sulfonamides is 1. The third kappa shape index (κ3) is 8.32. The van der Waals surface area contributed by atoms with Gasteiger partial charge >= 0.3 is 0 Å². The second-order valence-corrected chi connectivity index (χ2v) is 12.5. The molecule has 0 aromatic heterocycles. The van der Waals surface area contributed by atoms with Gasteiger partial charge in [-0.2, -0.15) is 0 Å². The number of halogens is 1. The summed E-state index contributed by atoms with van der Waals surface area (Å²) in [6.07, 6.45) is 1.86. The molecule has 2 amide bonds. The number of para-hydroxylation sites is 1. The lowest BCUT2D eigenvalue weighted by molar-refractivity contribution is -0.140. The van der Waals surface area contributed by atoms with E-state index < -0.39 is 34.3 Å². The molecule has 1 N–H and O–H groups in total.